The third-order valence-electron chi connectivity index (χ3n) is 2.98. The van der Waals surface area contributed by atoms with Crippen LogP contribution in [0.25, 0.3) is 0 Å². The Morgan fingerprint density at radius 2 is 1.43 bits per heavy atom. The average Bonchev–Trinajstić information content (AvgIpc) is 2.23. The van der Waals surface area contributed by atoms with Gasteiger partial charge >= 0.3 is 18.0 Å². The van der Waals surface area contributed by atoms with Crippen LogP contribution in [0.15, 0.2) is 18.3 Å². The zero-order valence-electron chi connectivity index (χ0n) is 11.3. The lowest BCUT2D eigenvalue weighted by Crippen LogP contribution is -2.59. The molecule has 1 N–H and O–H groups in total. The van der Waals surface area contributed by atoms with E-state index < -0.39 is 33.8 Å². The summed E-state index contributed by atoms with van der Waals surface area (Å²) in [5.41, 5.74) is -7.81. The average molecular weight is 317 g/mol. The van der Waals surface area contributed by atoms with Gasteiger partial charge in [-0.3, -0.25) is 0 Å². The quantitative estimate of drug-likeness (QED) is 0.492. The normalized spacial score (nSPS) is 14.4. The molecule has 9 heteroatoms. The maximum absolute atomic E-state index is 12.8. The number of alkyl halides is 6. The summed E-state index contributed by atoms with van der Waals surface area (Å²) < 4.78 is 76.0. The number of halogens is 6. The van der Waals surface area contributed by atoms with Gasteiger partial charge in [-0.1, -0.05) is 20.8 Å². The summed E-state index contributed by atoms with van der Waals surface area (Å²) in [6, 6.07) is 1.53. The van der Waals surface area contributed by atoms with Crippen molar-refractivity contribution in [1.29, 1.82) is 0 Å². The number of aliphatic hydroxyl groups is 1. The Balaban J connectivity index is 3.69. The van der Waals surface area contributed by atoms with Crippen LogP contribution < -0.4 is 4.73 Å². The number of hydrogen-bond acceptors (Lipinski definition) is 2. The number of rotatable bonds is 1. The summed E-state index contributed by atoms with van der Waals surface area (Å²) in [5.74, 6) is 0. The molecule has 0 aliphatic heterocycles. The fourth-order valence-electron chi connectivity index (χ4n) is 1.67. The highest BCUT2D eigenvalue weighted by Crippen LogP contribution is 2.49. The van der Waals surface area contributed by atoms with E-state index in [4.69, 9.17) is 0 Å². The van der Waals surface area contributed by atoms with Gasteiger partial charge in [-0.15, -0.1) is 0 Å². The maximum Gasteiger partial charge on any atom is 0.436 e. The second kappa shape index (κ2) is 4.75. The summed E-state index contributed by atoms with van der Waals surface area (Å²) in [4.78, 5) is 0. The number of nitrogens with zero attached hydrogens (tertiary/aromatic N) is 1. The first-order valence-corrected chi connectivity index (χ1v) is 5.72. The Labute approximate surface area is 116 Å². The molecule has 0 spiro atoms. The largest absolute Gasteiger partial charge is 0.618 e. The number of hydrogen-bond donors (Lipinski definition) is 1. The summed E-state index contributed by atoms with van der Waals surface area (Å²) in [5, 5.41) is 20.7. The van der Waals surface area contributed by atoms with Crippen molar-refractivity contribution in [2.45, 2.75) is 44.1 Å². The molecular formula is C12H13F6NO2. The predicted octanol–water partition coefficient (Wildman–Crippen LogP) is 2.93. The molecular weight excluding hydrogens is 304 g/mol. The minimum absolute atomic E-state index is 0.0523. The van der Waals surface area contributed by atoms with E-state index in [-0.39, 0.29) is 5.56 Å². The monoisotopic (exact) mass is 317 g/mol. The van der Waals surface area contributed by atoms with Crippen molar-refractivity contribution < 1.29 is 36.2 Å². The van der Waals surface area contributed by atoms with Crippen LogP contribution in [0.2, 0.25) is 0 Å². The van der Waals surface area contributed by atoms with Crippen LogP contribution in [-0.2, 0) is 11.0 Å². The Morgan fingerprint density at radius 1 is 1.00 bits per heavy atom. The fourth-order valence-corrected chi connectivity index (χ4v) is 1.67. The van der Waals surface area contributed by atoms with Crippen molar-refractivity contribution in [2.24, 2.45) is 0 Å². The lowest BCUT2D eigenvalue weighted by Gasteiger charge is -2.31. The number of pyridine rings is 1. The van der Waals surface area contributed by atoms with E-state index in [2.05, 4.69) is 0 Å². The van der Waals surface area contributed by atoms with Gasteiger partial charge in [-0.2, -0.15) is 31.1 Å². The first kappa shape index (κ1) is 17.5. The molecule has 1 rings (SSSR count). The molecule has 0 bridgehead atoms. The molecule has 0 aliphatic rings. The topological polar surface area (TPSA) is 47.2 Å². The molecule has 3 nitrogen and oxygen atoms in total. The zero-order valence-corrected chi connectivity index (χ0v) is 11.3. The fraction of sp³-hybridized carbons (Fsp3) is 0.583. The molecule has 0 aliphatic carbocycles. The van der Waals surface area contributed by atoms with E-state index >= 15 is 0 Å². The summed E-state index contributed by atoms with van der Waals surface area (Å²) in [6.07, 6.45) is -11.7. The van der Waals surface area contributed by atoms with E-state index in [0.717, 1.165) is 6.07 Å². The summed E-state index contributed by atoms with van der Waals surface area (Å²) >= 11 is 0. The highest BCUT2D eigenvalue weighted by Gasteiger charge is 2.75. The van der Waals surface area contributed by atoms with Gasteiger partial charge < -0.3 is 10.3 Å². The SMILES string of the molecule is CC(C)(C)c1cc[n+]([O-])c(C(O)(C(F)(F)F)C(F)(F)F)c1. The summed E-state index contributed by atoms with van der Waals surface area (Å²) in [6.45, 7) is 4.63. The first-order chi connectivity index (χ1) is 9.12. The van der Waals surface area contributed by atoms with Crippen molar-refractivity contribution in [3.8, 4) is 0 Å². The van der Waals surface area contributed by atoms with Crippen LogP contribution in [0.3, 0.4) is 0 Å². The van der Waals surface area contributed by atoms with Gasteiger partial charge in [-0.25, -0.2) is 0 Å². The molecule has 1 aromatic rings. The zero-order chi connectivity index (χ0) is 16.9. The third-order valence-corrected chi connectivity index (χ3v) is 2.98. The third kappa shape index (κ3) is 2.92. The second-order valence-electron chi connectivity index (χ2n) is 5.58. The van der Waals surface area contributed by atoms with Crippen LogP contribution in [0.5, 0.6) is 0 Å². The van der Waals surface area contributed by atoms with Crippen molar-refractivity contribution in [2.75, 3.05) is 0 Å². The van der Waals surface area contributed by atoms with Gasteiger partial charge in [0, 0.05) is 12.1 Å². The smallest absolute Gasteiger partial charge is 0.436 e. The molecule has 0 radical (unpaired) electrons. The van der Waals surface area contributed by atoms with Crippen LogP contribution >= 0.6 is 0 Å². The van der Waals surface area contributed by atoms with Gasteiger partial charge in [0.1, 0.15) is 0 Å². The van der Waals surface area contributed by atoms with Gasteiger partial charge in [0.05, 0.1) is 0 Å². The van der Waals surface area contributed by atoms with E-state index in [0.29, 0.717) is 12.3 Å². The lowest BCUT2D eigenvalue weighted by molar-refractivity contribution is -0.633. The van der Waals surface area contributed by atoms with Gasteiger partial charge in [0.2, 0.25) is 5.69 Å². The Hall–Kier alpha value is -1.51. The van der Waals surface area contributed by atoms with Gasteiger partial charge in [-0.05, 0) is 11.0 Å². The van der Waals surface area contributed by atoms with E-state index in [1.54, 1.807) is 20.8 Å². The van der Waals surface area contributed by atoms with Crippen molar-refractivity contribution in [3.63, 3.8) is 0 Å². The molecule has 0 fully saturated rings. The Kier molecular flexibility index (Phi) is 3.97. The van der Waals surface area contributed by atoms with E-state index in [9.17, 15) is 36.7 Å². The number of aromatic nitrogens is 1. The molecule has 120 valence electrons. The van der Waals surface area contributed by atoms with Crippen LogP contribution in [0.4, 0.5) is 26.3 Å². The van der Waals surface area contributed by atoms with Gasteiger partial charge in [0.15, 0.2) is 6.20 Å². The minimum atomic E-state index is -6.09. The van der Waals surface area contributed by atoms with Crippen molar-refractivity contribution in [1.82, 2.24) is 0 Å². The van der Waals surface area contributed by atoms with E-state index in [1.807, 2.05) is 0 Å². The van der Waals surface area contributed by atoms with Crippen molar-refractivity contribution in [3.05, 3.63) is 34.8 Å². The second-order valence-corrected chi connectivity index (χ2v) is 5.58. The highest BCUT2D eigenvalue weighted by atomic mass is 19.4. The van der Waals surface area contributed by atoms with Crippen molar-refractivity contribution >= 4 is 0 Å². The molecule has 21 heavy (non-hydrogen) atoms. The maximum atomic E-state index is 12.8. The molecule has 0 unspecified atom stereocenters. The molecule has 1 heterocycles. The highest BCUT2D eigenvalue weighted by molar-refractivity contribution is 5.26. The lowest BCUT2D eigenvalue weighted by atomic mass is 9.85. The molecule has 0 saturated heterocycles. The van der Waals surface area contributed by atoms with Crippen LogP contribution in [0, 0.1) is 5.21 Å². The Morgan fingerprint density at radius 3 is 1.76 bits per heavy atom. The molecule has 1 aromatic heterocycles. The molecule has 0 atom stereocenters. The Bertz CT molecular complexity index is 516. The molecule has 0 aromatic carbocycles. The van der Waals surface area contributed by atoms with Crippen LogP contribution in [0.1, 0.15) is 32.0 Å². The summed E-state index contributed by atoms with van der Waals surface area (Å²) in [7, 11) is 0. The van der Waals surface area contributed by atoms with Gasteiger partial charge in [0.25, 0.3) is 0 Å². The molecule has 0 saturated carbocycles. The van der Waals surface area contributed by atoms with E-state index in [1.165, 1.54) is 0 Å². The standard InChI is InChI=1S/C12H13F6NO2/c1-9(2,3)7-4-5-19(21)8(6-7)10(20,11(13,14)15)12(16,17)18/h4-6,20H,1-3H3. The minimum Gasteiger partial charge on any atom is -0.618 e. The predicted molar refractivity (Wildman–Crippen MR) is 60.1 cm³/mol. The molecule has 0 amide bonds. The van der Waals surface area contributed by atoms with Crippen LogP contribution in [-0.4, -0.2) is 17.5 Å². The first-order valence-electron chi connectivity index (χ1n) is 5.72.